The molecule has 5 heteroatoms. The van der Waals surface area contributed by atoms with E-state index in [1.165, 1.54) is 10.8 Å². The molecule has 1 aromatic heterocycles. The summed E-state index contributed by atoms with van der Waals surface area (Å²) in [6.45, 7) is 2.41. The van der Waals surface area contributed by atoms with Crippen molar-refractivity contribution in [2.75, 3.05) is 36.5 Å². The van der Waals surface area contributed by atoms with Crippen LogP contribution in [0, 0.1) is 0 Å². The molecular weight excluding hydrogens is 270 g/mol. The van der Waals surface area contributed by atoms with Gasteiger partial charge >= 0.3 is 0 Å². The monoisotopic (exact) mass is 289 g/mol. The Balaban J connectivity index is 2.05. The summed E-state index contributed by atoms with van der Waals surface area (Å²) in [6, 6.07) is 10.5. The van der Waals surface area contributed by atoms with Gasteiger partial charge in [-0.05, 0) is 18.5 Å². The van der Waals surface area contributed by atoms with Crippen LogP contribution in [0.25, 0.3) is 10.8 Å². The zero-order valence-electron chi connectivity index (χ0n) is 11.6. The van der Waals surface area contributed by atoms with E-state index < -0.39 is 10.8 Å². The molecule has 1 aromatic carbocycles. The van der Waals surface area contributed by atoms with Crippen molar-refractivity contribution in [3.8, 4) is 0 Å². The number of fused-ring (bicyclic) bond motifs is 1. The molecule has 1 fully saturated rings. The lowest BCUT2D eigenvalue weighted by Gasteiger charge is -2.28. The smallest absolute Gasteiger partial charge is 0.136 e. The van der Waals surface area contributed by atoms with Crippen molar-refractivity contribution < 1.29 is 4.21 Å². The number of benzene rings is 1. The van der Waals surface area contributed by atoms with Gasteiger partial charge in [-0.1, -0.05) is 24.3 Å². The molecule has 3 rings (SSSR count). The zero-order chi connectivity index (χ0) is 13.9. The largest absolute Gasteiger partial charge is 0.354 e. The van der Waals surface area contributed by atoms with E-state index in [2.05, 4.69) is 34.5 Å². The first-order chi connectivity index (χ1) is 9.78. The van der Waals surface area contributed by atoms with Crippen molar-refractivity contribution in [3.05, 3.63) is 36.0 Å². The van der Waals surface area contributed by atoms with Crippen LogP contribution in [-0.4, -0.2) is 40.8 Å². The molecule has 1 N–H and O–H groups in total. The lowest BCUT2D eigenvalue weighted by molar-refractivity contribution is 0.672. The van der Waals surface area contributed by atoms with E-state index in [0.717, 1.165) is 42.7 Å². The topological polar surface area (TPSA) is 45.2 Å². The third kappa shape index (κ3) is 2.69. The molecular formula is C15H19N3OS. The average Bonchev–Trinajstić information content (AvgIpc) is 2.48. The molecule has 1 aliphatic rings. The highest BCUT2D eigenvalue weighted by molar-refractivity contribution is 7.85. The fourth-order valence-corrected chi connectivity index (χ4v) is 3.65. The second kappa shape index (κ2) is 5.89. The number of aromatic nitrogens is 1. The molecule has 2 aromatic rings. The molecule has 0 saturated carbocycles. The molecule has 2 heterocycles. The number of hydrogen-bond acceptors (Lipinski definition) is 4. The van der Waals surface area contributed by atoms with Crippen LogP contribution < -0.4 is 10.2 Å². The van der Waals surface area contributed by atoms with Gasteiger partial charge in [0.1, 0.15) is 5.82 Å². The summed E-state index contributed by atoms with van der Waals surface area (Å²) >= 11 is 0. The lowest BCUT2D eigenvalue weighted by Crippen LogP contribution is -2.38. The van der Waals surface area contributed by atoms with Crippen LogP contribution in [0.15, 0.2) is 30.3 Å². The van der Waals surface area contributed by atoms with Crippen molar-refractivity contribution in [1.82, 2.24) is 10.3 Å². The van der Waals surface area contributed by atoms with Crippen LogP contribution >= 0.6 is 0 Å². The Labute approximate surface area is 121 Å². The number of nitrogens with zero attached hydrogens (tertiary/aromatic N) is 2. The summed E-state index contributed by atoms with van der Waals surface area (Å²) in [6.07, 6.45) is 0. The van der Waals surface area contributed by atoms with E-state index in [1.807, 2.05) is 13.1 Å². The second-order valence-corrected chi connectivity index (χ2v) is 6.72. The van der Waals surface area contributed by atoms with Gasteiger partial charge in [-0.3, -0.25) is 4.21 Å². The number of pyridine rings is 1. The summed E-state index contributed by atoms with van der Waals surface area (Å²) in [4.78, 5) is 7.07. The quantitative estimate of drug-likeness (QED) is 0.930. The van der Waals surface area contributed by atoms with E-state index in [4.69, 9.17) is 4.98 Å². The summed E-state index contributed by atoms with van der Waals surface area (Å²) in [7, 11) is 1.27. The number of hydrogen-bond donors (Lipinski definition) is 1. The van der Waals surface area contributed by atoms with Gasteiger partial charge in [0, 0.05) is 47.3 Å². The van der Waals surface area contributed by atoms with Crippen molar-refractivity contribution >= 4 is 27.4 Å². The fourth-order valence-electron chi connectivity index (χ4n) is 2.60. The van der Waals surface area contributed by atoms with Gasteiger partial charge in [0.2, 0.25) is 0 Å². The molecule has 106 valence electrons. The van der Waals surface area contributed by atoms with Gasteiger partial charge in [0.05, 0.1) is 5.69 Å². The highest BCUT2D eigenvalue weighted by atomic mass is 32.2. The van der Waals surface area contributed by atoms with Crippen LogP contribution in [0.3, 0.4) is 0 Å². The second-order valence-electron chi connectivity index (χ2n) is 5.02. The normalized spacial score (nSPS) is 16.8. The third-order valence-electron chi connectivity index (χ3n) is 3.61. The maximum Gasteiger partial charge on any atom is 0.136 e. The molecule has 0 bridgehead atoms. The molecule has 0 unspecified atom stereocenters. The average molecular weight is 289 g/mol. The Hall–Kier alpha value is -1.46. The Morgan fingerprint density at radius 1 is 1.30 bits per heavy atom. The van der Waals surface area contributed by atoms with E-state index in [9.17, 15) is 4.21 Å². The maximum absolute atomic E-state index is 11.5. The van der Waals surface area contributed by atoms with Gasteiger partial charge in [0.15, 0.2) is 0 Å². The van der Waals surface area contributed by atoms with E-state index >= 15 is 0 Å². The molecule has 0 spiro atoms. The van der Waals surface area contributed by atoms with Crippen molar-refractivity contribution in [2.45, 2.75) is 6.54 Å². The number of rotatable bonds is 3. The van der Waals surface area contributed by atoms with Gasteiger partial charge in [0.25, 0.3) is 0 Å². The van der Waals surface area contributed by atoms with Gasteiger partial charge in [-0.2, -0.15) is 0 Å². The van der Waals surface area contributed by atoms with Gasteiger partial charge < -0.3 is 10.2 Å². The fraction of sp³-hybridized carbons (Fsp3) is 0.400. The molecule has 0 radical (unpaired) electrons. The predicted molar refractivity (Wildman–Crippen MR) is 84.6 cm³/mol. The molecule has 0 aliphatic carbocycles. The van der Waals surface area contributed by atoms with Crippen LogP contribution in [0.5, 0.6) is 0 Å². The zero-order valence-corrected chi connectivity index (χ0v) is 12.4. The highest BCUT2D eigenvalue weighted by Crippen LogP contribution is 2.26. The van der Waals surface area contributed by atoms with Crippen LogP contribution in [0.1, 0.15) is 5.69 Å². The minimum absolute atomic E-state index is 0.659. The van der Waals surface area contributed by atoms with Crippen molar-refractivity contribution in [3.63, 3.8) is 0 Å². The van der Waals surface area contributed by atoms with Crippen LogP contribution in [0.2, 0.25) is 0 Å². The minimum Gasteiger partial charge on any atom is -0.354 e. The van der Waals surface area contributed by atoms with Gasteiger partial charge in [-0.15, -0.1) is 0 Å². The molecule has 0 atom stereocenters. The molecule has 4 nitrogen and oxygen atoms in total. The first-order valence-electron chi connectivity index (χ1n) is 6.91. The predicted octanol–water partition coefficient (Wildman–Crippen LogP) is 1.52. The van der Waals surface area contributed by atoms with Gasteiger partial charge in [-0.25, -0.2) is 4.98 Å². The number of nitrogens with one attached hydrogen (secondary N) is 1. The first-order valence-corrected chi connectivity index (χ1v) is 8.40. The first kappa shape index (κ1) is 13.5. The molecule has 20 heavy (non-hydrogen) atoms. The Bertz CT molecular complexity index is 634. The lowest BCUT2D eigenvalue weighted by atomic mass is 10.1. The highest BCUT2D eigenvalue weighted by Gasteiger charge is 2.19. The minimum atomic E-state index is -0.659. The van der Waals surface area contributed by atoms with E-state index in [-0.39, 0.29) is 0 Å². The Kier molecular flexibility index (Phi) is 3.98. The van der Waals surface area contributed by atoms with Crippen LogP contribution in [0.4, 0.5) is 5.82 Å². The van der Waals surface area contributed by atoms with Crippen molar-refractivity contribution in [2.24, 2.45) is 0 Å². The Morgan fingerprint density at radius 3 is 2.80 bits per heavy atom. The third-order valence-corrected chi connectivity index (χ3v) is 4.88. The molecule has 1 saturated heterocycles. The molecule has 0 amide bonds. The number of anilines is 1. The van der Waals surface area contributed by atoms with Crippen molar-refractivity contribution in [1.29, 1.82) is 0 Å². The Morgan fingerprint density at radius 2 is 2.05 bits per heavy atom. The summed E-state index contributed by atoms with van der Waals surface area (Å²) in [5.74, 6) is 2.52. The van der Waals surface area contributed by atoms with E-state index in [0.29, 0.717) is 0 Å². The van der Waals surface area contributed by atoms with E-state index in [1.54, 1.807) is 0 Å². The maximum atomic E-state index is 11.5. The summed E-state index contributed by atoms with van der Waals surface area (Å²) in [5.41, 5.74) is 1.05. The SMILES string of the molecule is CNCc1cc2ccccc2c(N2CCS(=O)CC2)n1. The summed E-state index contributed by atoms with van der Waals surface area (Å²) < 4.78 is 11.5. The van der Waals surface area contributed by atoms with Crippen LogP contribution in [-0.2, 0) is 17.3 Å². The standard InChI is InChI=1S/C15H19N3OS/c1-16-11-13-10-12-4-2-3-5-14(12)15(17-13)18-6-8-20(19)9-7-18/h2-5,10,16H,6-9,11H2,1H3. The summed E-state index contributed by atoms with van der Waals surface area (Å²) in [5, 5.41) is 5.55. The molecule has 1 aliphatic heterocycles.